The molecule has 2 aliphatic heterocycles. The Hall–Kier alpha value is -3.00. The first-order valence-electron chi connectivity index (χ1n) is 11.2. The Morgan fingerprint density at radius 1 is 1.06 bits per heavy atom. The molecule has 3 aromatic carbocycles. The summed E-state index contributed by atoms with van der Waals surface area (Å²) < 4.78 is 0.856. The fourth-order valence-corrected chi connectivity index (χ4v) is 5.73. The first-order valence-corrected chi connectivity index (χ1v) is 12.3. The Balaban J connectivity index is 1.66. The highest BCUT2D eigenvalue weighted by molar-refractivity contribution is 9.10. The maximum Gasteiger partial charge on any atom is 0.325 e. The van der Waals surface area contributed by atoms with Crippen LogP contribution in [0.3, 0.4) is 0 Å². The molecule has 0 spiro atoms. The summed E-state index contributed by atoms with van der Waals surface area (Å²) in [7, 11) is 0. The number of anilines is 1. The molecular weight excluding hydrogens is 532 g/mol. The number of aryl methyl sites for hydroxylation is 1. The van der Waals surface area contributed by atoms with Crippen LogP contribution < -0.4 is 10.2 Å². The fraction of sp³-hybridized carbons (Fsp3) is 0.222. The van der Waals surface area contributed by atoms with E-state index in [1.165, 1.54) is 0 Å². The van der Waals surface area contributed by atoms with Gasteiger partial charge in [-0.15, -0.1) is 0 Å². The molecule has 6 nitrogen and oxygen atoms in total. The number of nitrogens with one attached hydrogen (secondary N) is 1. The highest BCUT2D eigenvalue weighted by Crippen LogP contribution is 2.51. The topological polar surface area (TPSA) is 86.7 Å². The highest BCUT2D eigenvalue weighted by Gasteiger charge is 2.68. The first kappa shape index (κ1) is 23.7. The average molecular weight is 554 g/mol. The van der Waals surface area contributed by atoms with Gasteiger partial charge in [0.25, 0.3) is 0 Å². The molecule has 0 saturated carbocycles. The maximum atomic E-state index is 13.9. The molecule has 5 rings (SSSR count). The van der Waals surface area contributed by atoms with Gasteiger partial charge in [-0.25, -0.2) is 4.90 Å². The predicted molar refractivity (Wildman–Crippen MR) is 136 cm³/mol. The highest BCUT2D eigenvalue weighted by atomic mass is 79.9. The number of halogens is 2. The summed E-state index contributed by atoms with van der Waals surface area (Å²) in [6, 6.07) is 20.8. The van der Waals surface area contributed by atoms with Crippen LogP contribution in [0.4, 0.5) is 5.69 Å². The van der Waals surface area contributed by atoms with Gasteiger partial charge in [0.05, 0.1) is 17.5 Å². The number of carbonyl (C=O) groups is 3. The molecule has 3 aromatic rings. The lowest BCUT2D eigenvalue weighted by Crippen LogP contribution is -2.57. The number of aliphatic carboxylic acids is 1. The SMILES string of the molecule is Cc1ccc(N2C(=O)C3C(c4ccc(Br)cc4)NC(Cc4ccccc4)(C(=O)O)C3C2=O)cc1Cl. The normalized spacial score (nSPS) is 25.7. The number of rotatable bonds is 5. The Morgan fingerprint density at radius 3 is 2.37 bits per heavy atom. The van der Waals surface area contributed by atoms with E-state index in [2.05, 4.69) is 21.2 Å². The zero-order valence-corrected chi connectivity index (χ0v) is 21.1. The van der Waals surface area contributed by atoms with Gasteiger partial charge in [0, 0.05) is 22.0 Å². The van der Waals surface area contributed by atoms with E-state index in [9.17, 15) is 19.5 Å². The Bertz CT molecular complexity index is 1330. The molecule has 8 heteroatoms. The lowest BCUT2D eigenvalue weighted by Gasteiger charge is -2.31. The number of carboxylic acids is 1. The number of hydrogen-bond acceptors (Lipinski definition) is 4. The van der Waals surface area contributed by atoms with Crippen LogP contribution in [0.15, 0.2) is 77.3 Å². The van der Waals surface area contributed by atoms with Crippen LogP contribution in [0, 0.1) is 18.8 Å². The third-order valence-electron chi connectivity index (χ3n) is 7.00. The molecule has 4 atom stereocenters. The Kier molecular flexibility index (Phi) is 6.03. The van der Waals surface area contributed by atoms with Crippen LogP contribution in [0.25, 0.3) is 0 Å². The van der Waals surface area contributed by atoms with Crippen molar-refractivity contribution in [1.82, 2.24) is 5.32 Å². The molecule has 0 aromatic heterocycles. The molecule has 0 aliphatic carbocycles. The number of hydrogen-bond donors (Lipinski definition) is 2. The molecule has 2 N–H and O–H groups in total. The number of fused-ring (bicyclic) bond motifs is 1. The molecule has 2 heterocycles. The van der Waals surface area contributed by atoms with E-state index >= 15 is 0 Å². The molecular formula is C27H22BrClN2O4. The van der Waals surface area contributed by atoms with Crippen LogP contribution in [0.2, 0.25) is 5.02 Å². The van der Waals surface area contributed by atoms with Crippen LogP contribution in [0.1, 0.15) is 22.7 Å². The minimum atomic E-state index is -1.67. The Labute approximate surface area is 216 Å². The summed E-state index contributed by atoms with van der Waals surface area (Å²) in [5.74, 6) is -4.12. The van der Waals surface area contributed by atoms with E-state index in [0.29, 0.717) is 10.7 Å². The largest absolute Gasteiger partial charge is 0.480 e. The summed E-state index contributed by atoms with van der Waals surface area (Å²) in [6.07, 6.45) is 0.0544. The van der Waals surface area contributed by atoms with Crippen molar-refractivity contribution >= 4 is 51.0 Å². The van der Waals surface area contributed by atoms with Crippen molar-refractivity contribution in [2.45, 2.75) is 24.9 Å². The zero-order valence-electron chi connectivity index (χ0n) is 18.7. The molecule has 178 valence electrons. The van der Waals surface area contributed by atoms with Crippen molar-refractivity contribution in [2.24, 2.45) is 11.8 Å². The number of carboxylic acid groups (broad SMARTS) is 1. The van der Waals surface area contributed by atoms with E-state index < -0.39 is 41.2 Å². The summed E-state index contributed by atoms with van der Waals surface area (Å²) in [4.78, 5) is 41.7. The Morgan fingerprint density at radius 2 is 1.74 bits per heavy atom. The molecule has 35 heavy (non-hydrogen) atoms. The van der Waals surface area contributed by atoms with Gasteiger partial charge < -0.3 is 5.11 Å². The third-order valence-corrected chi connectivity index (χ3v) is 7.94. The minimum absolute atomic E-state index is 0.0544. The number of nitrogens with zero attached hydrogens (tertiary/aromatic N) is 1. The standard InChI is InChI=1S/C27H22BrClN2O4/c1-15-7-12-19(13-20(15)29)31-24(32)21-22(25(31)33)27(26(34)35,14-16-5-3-2-4-6-16)30-23(21)17-8-10-18(28)11-9-17/h2-13,21-23,30H,14H2,1H3,(H,34,35). The van der Waals surface area contributed by atoms with Crippen molar-refractivity contribution < 1.29 is 19.5 Å². The smallest absolute Gasteiger partial charge is 0.325 e. The second-order valence-electron chi connectivity index (χ2n) is 9.06. The molecule has 2 amide bonds. The van der Waals surface area contributed by atoms with Crippen LogP contribution in [-0.4, -0.2) is 28.4 Å². The lowest BCUT2D eigenvalue weighted by molar-refractivity contribution is -0.148. The van der Waals surface area contributed by atoms with Crippen molar-refractivity contribution in [3.05, 3.63) is 99.0 Å². The number of carbonyl (C=O) groups excluding carboxylic acids is 2. The van der Waals surface area contributed by atoms with Crippen molar-refractivity contribution in [2.75, 3.05) is 4.90 Å². The van der Waals surface area contributed by atoms with Gasteiger partial charge in [-0.3, -0.25) is 19.7 Å². The number of benzene rings is 3. The minimum Gasteiger partial charge on any atom is -0.480 e. The lowest BCUT2D eigenvalue weighted by atomic mass is 9.76. The van der Waals surface area contributed by atoms with Gasteiger partial charge in [0.1, 0.15) is 5.54 Å². The summed E-state index contributed by atoms with van der Waals surface area (Å²) in [6.45, 7) is 1.83. The second-order valence-corrected chi connectivity index (χ2v) is 10.4. The van der Waals surface area contributed by atoms with Gasteiger partial charge in [-0.1, -0.05) is 76.1 Å². The molecule has 2 saturated heterocycles. The third kappa shape index (κ3) is 3.88. The van der Waals surface area contributed by atoms with Gasteiger partial charge in [-0.05, 0) is 47.9 Å². The van der Waals surface area contributed by atoms with Crippen LogP contribution in [0.5, 0.6) is 0 Å². The summed E-state index contributed by atoms with van der Waals surface area (Å²) >= 11 is 9.72. The van der Waals surface area contributed by atoms with Gasteiger partial charge >= 0.3 is 5.97 Å². The fourth-order valence-electron chi connectivity index (χ4n) is 5.29. The molecule has 4 unspecified atom stereocenters. The molecule has 2 aliphatic rings. The molecule has 0 bridgehead atoms. The van der Waals surface area contributed by atoms with Gasteiger partial charge in [0.15, 0.2) is 0 Å². The number of imide groups is 1. The summed E-state index contributed by atoms with van der Waals surface area (Å²) in [5.41, 5.74) is 0.991. The monoisotopic (exact) mass is 552 g/mol. The predicted octanol–water partition coefficient (Wildman–Crippen LogP) is 4.93. The van der Waals surface area contributed by atoms with E-state index in [1.54, 1.807) is 18.2 Å². The van der Waals surface area contributed by atoms with Crippen molar-refractivity contribution in [3.63, 3.8) is 0 Å². The van der Waals surface area contributed by atoms with Crippen molar-refractivity contribution in [1.29, 1.82) is 0 Å². The molecule has 2 fully saturated rings. The first-order chi connectivity index (χ1) is 16.7. The quantitative estimate of drug-likeness (QED) is 0.438. The van der Waals surface area contributed by atoms with E-state index in [1.807, 2.05) is 61.5 Å². The maximum absolute atomic E-state index is 13.9. The van der Waals surface area contributed by atoms with Crippen LogP contribution >= 0.6 is 27.5 Å². The second kappa shape index (κ2) is 8.90. The zero-order chi connectivity index (χ0) is 24.9. The summed E-state index contributed by atoms with van der Waals surface area (Å²) in [5, 5.41) is 14.2. The van der Waals surface area contributed by atoms with E-state index in [-0.39, 0.29) is 6.42 Å². The van der Waals surface area contributed by atoms with E-state index in [4.69, 9.17) is 11.6 Å². The molecule has 0 radical (unpaired) electrons. The van der Waals surface area contributed by atoms with Gasteiger partial charge in [-0.2, -0.15) is 0 Å². The van der Waals surface area contributed by atoms with E-state index in [0.717, 1.165) is 26.1 Å². The van der Waals surface area contributed by atoms with Gasteiger partial charge in [0.2, 0.25) is 11.8 Å². The average Bonchev–Trinajstić information content (AvgIpc) is 3.31. The van der Waals surface area contributed by atoms with Crippen molar-refractivity contribution in [3.8, 4) is 0 Å². The number of amides is 2. The van der Waals surface area contributed by atoms with Crippen LogP contribution in [-0.2, 0) is 20.8 Å².